The molecule has 1 saturated heterocycles. The fourth-order valence-corrected chi connectivity index (χ4v) is 4.06. The molecule has 0 saturated carbocycles. The Hall–Kier alpha value is -3.12. The second kappa shape index (κ2) is 8.09. The van der Waals surface area contributed by atoms with E-state index in [0.717, 1.165) is 19.6 Å². The SMILES string of the molecule is COc1ccc(C2=C(O)C(=O)N(C3CCN(Cc4ccccc4)CC3)C2=O)cc1. The molecule has 0 atom stereocenters. The Morgan fingerprint density at radius 1 is 0.966 bits per heavy atom. The first kappa shape index (κ1) is 19.2. The molecule has 1 N–H and O–H groups in total. The smallest absolute Gasteiger partial charge is 0.296 e. The van der Waals surface area contributed by atoms with E-state index in [4.69, 9.17) is 4.74 Å². The zero-order chi connectivity index (χ0) is 20.4. The van der Waals surface area contributed by atoms with Crippen molar-refractivity contribution in [1.82, 2.24) is 9.80 Å². The summed E-state index contributed by atoms with van der Waals surface area (Å²) in [5.41, 5.74) is 1.84. The van der Waals surface area contributed by atoms with Crippen LogP contribution in [0.3, 0.4) is 0 Å². The molecule has 4 rings (SSSR count). The lowest BCUT2D eigenvalue weighted by molar-refractivity contribution is -0.141. The van der Waals surface area contributed by atoms with Crippen molar-refractivity contribution in [2.75, 3.05) is 20.2 Å². The molecule has 2 amide bonds. The highest BCUT2D eigenvalue weighted by molar-refractivity contribution is 6.35. The van der Waals surface area contributed by atoms with E-state index in [-0.39, 0.29) is 11.6 Å². The number of ether oxygens (including phenoxy) is 1. The molecule has 0 unspecified atom stereocenters. The van der Waals surface area contributed by atoms with Crippen molar-refractivity contribution in [3.63, 3.8) is 0 Å². The number of aliphatic hydroxyl groups is 1. The summed E-state index contributed by atoms with van der Waals surface area (Å²) in [7, 11) is 1.56. The van der Waals surface area contributed by atoms with Crippen LogP contribution in [0.2, 0.25) is 0 Å². The molecule has 0 radical (unpaired) electrons. The zero-order valence-electron chi connectivity index (χ0n) is 16.4. The third kappa shape index (κ3) is 3.76. The number of carbonyl (C=O) groups excluding carboxylic acids is 2. The van der Waals surface area contributed by atoms with Gasteiger partial charge < -0.3 is 9.84 Å². The zero-order valence-corrected chi connectivity index (χ0v) is 16.4. The number of aliphatic hydroxyl groups excluding tert-OH is 1. The van der Waals surface area contributed by atoms with Crippen molar-refractivity contribution in [2.24, 2.45) is 0 Å². The largest absolute Gasteiger partial charge is 0.502 e. The maximum absolute atomic E-state index is 13.0. The normalized spacial score (nSPS) is 18.6. The van der Waals surface area contributed by atoms with Gasteiger partial charge in [-0.15, -0.1) is 0 Å². The number of hydrogen-bond donors (Lipinski definition) is 1. The summed E-state index contributed by atoms with van der Waals surface area (Å²) in [6.45, 7) is 2.46. The number of benzene rings is 2. The maximum Gasteiger partial charge on any atom is 0.296 e. The predicted octanol–water partition coefficient (Wildman–Crippen LogP) is 3.00. The van der Waals surface area contributed by atoms with E-state index in [1.807, 2.05) is 18.2 Å². The van der Waals surface area contributed by atoms with Gasteiger partial charge in [-0.3, -0.25) is 19.4 Å². The maximum atomic E-state index is 13.0. The summed E-state index contributed by atoms with van der Waals surface area (Å²) in [5, 5.41) is 10.4. The van der Waals surface area contributed by atoms with Crippen LogP contribution >= 0.6 is 0 Å². The van der Waals surface area contributed by atoms with Gasteiger partial charge in [0, 0.05) is 25.7 Å². The van der Waals surface area contributed by atoms with Gasteiger partial charge in [0.2, 0.25) is 0 Å². The van der Waals surface area contributed by atoms with Crippen LogP contribution in [0.5, 0.6) is 5.75 Å². The molecular weight excluding hydrogens is 368 g/mol. The Balaban J connectivity index is 1.44. The average molecular weight is 392 g/mol. The molecule has 2 aliphatic heterocycles. The average Bonchev–Trinajstić information content (AvgIpc) is 2.98. The van der Waals surface area contributed by atoms with Crippen molar-refractivity contribution in [2.45, 2.75) is 25.4 Å². The van der Waals surface area contributed by atoms with Crippen LogP contribution in [-0.4, -0.2) is 53.0 Å². The van der Waals surface area contributed by atoms with Crippen molar-refractivity contribution in [3.05, 3.63) is 71.5 Å². The Kier molecular flexibility index (Phi) is 5.36. The summed E-state index contributed by atoms with van der Waals surface area (Å²) >= 11 is 0. The monoisotopic (exact) mass is 392 g/mol. The van der Waals surface area contributed by atoms with Gasteiger partial charge in [-0.05, 0) is 36.1 Å². The third-order valence-corrected chi connectivity index (χ3v) is 5.64. The molecule has 0 aliphatic carbocycles. The molecule has 0 aromatic heterocycles. The van der Waals surface area contributed by atoms with E-state index < -0.39 is 17.6 Å². The summed E-state index contributed by atoms with van der Waals surface area (Å²) < 4.78 is 5.13. The van der Waals surface area contributed by atoms with Gasteiger partial charge in [-0.25, -0.2) is 0 Å². The van der Waals surface area contributed by atoms with Gasteiger partial charge in [0.25, 0.3) is 11.8 Å². The first-order valence-corrected chi connectivity index (χ1v) is 9.80. The van der Waals surface area contributed by atoms with Crippen molar-refractivity contribution < 1.29 is 19.4 Å². The molecule has 6 heteroatoms. The van der Waals surface area contributed by atoms with Crippen molar-refractivity contribution >= 4 is 17.4 Å². The summed E-state index contributed by atoms with van der Waals surface area (Å²) in [4.78, 5) is 29.2. The topological polar surface area (TPSA) is 70.1 Å². The van der Waals surface area contributed by atoms with E-state index in [0.29, 0.717) is 24.2 Å². The molecule has 0 spiro atoms. The van der Waals surface area contributed by atoms with E-state index in [1.165, 1.54) is 10.5 Å². The Bertz CT molecular complexity index is 929. The lowest BCUT2D eigenvalue weighted by atomic mass is 10.0. The van der Waals surface area contributed by atoms with Gasteiger partial charge in [0.05, 0.1) is 12.7 Å². The number of nitrogens with zero attached hydrogens (tertiary/aromatic N) is 2. The van der Waals surface area contributed by atoms with Crippen LogP contribution in [-0.2, 0) is 16.1 Å². The molecule has 2 aliphatic rings. The lowest BCUT2D eigenvalue weighted by Crippen LogP contribution is -2.47. The minimum absolute atomic E-state index is 0.0735. The van der Waals surface area contributed by atoms with Crippen LogP contribution in [0.25, 0.3) is 5.57 Å². The number of carbonyl (C=O) groups is 2. The molecule has 1 fully saturated rings. The van der Waals surface area contributed by atoms with Crippen LogP contribution in [0.1, 0.15) is 24.0 Å². The van der Waals surface area contributed by atoms with Crippen LogP contribution in [0.4, 0.5) is 0 Å². The van der Waals surface area contributed by atoms with Gasteiger partial charge in [0.15, 0.2) is 5.76 Å². The molecule has 29 heavy (non-hydrogen) atoms. The minimum Gasteiger partial charge on any atom is -0.502 e. The van der Waals surface area contributed by atoms with Crippen molar-refractivity contribution in [1.29, 1.82) is 0 Å². The highest BCUT2D eigenvalue weighted by Gasteiger charge is 2.43. The molecule has 2 aromatic carbocycles. The van der Waals surface area contributed by atoms with Crippen LogP contribution < -0.4 is 4.74 Å². The van der Waals surface area contributed by atoms with E-state index in [2.05, 4.69) is 17.0 Å². The van der Waals surface area contributed by atoms with E-state index in [9.17, 15) is 14.7 Å². The minimum atomic E-state index is -0.595. The van der Waals surface area contributed by atoms with Crippen LogP contribution in [0, 0.1) is 0 Å². The van der Waals surface area contributed by atoms with E-state index in [1.54, 1.807) is 31.4 Å². The summed E-state index contributed by atoms with van der Waals surface area (Å²) in [6.07, 6.45) is 1.40. The first-order chi connectivity index (χ1) is 14.1. The summed E-state index contributed by atoms with van der Waals surface area (Å²) in [6, 6.07) is 16.8. The standard InChI is InChI=1S/C23H24N2O4/c1-29-19-9-7-17(8-10-19)20-21(26)23(28)25(22(20)27)18-11-13-24(14-12-18)15-16-5-3-2-4-6-16/h2-10,18,26H,11-15H2,1H3. The highest BCUT2D eigenvalue weighted by atomic mass is 16.5. The van der Waals surface area contributed by atoms with Crippen molar-refractivity contribution in [3.8, 4) is 5.75 Å². The molecule has 2 aromatic rings. The second-order valence-electron chi connectivity index (χ2n) is 7.43. The van der Waals surface area contributed by atoms with Gasteiger partial charge >= 0.3 is 0 Å². The molecular formula is C23H24N2O4. The Morgan fingerprint density at radius 2 is 1.62 bits per heavy atom. The number of piperidine rings is 1. The molecule has 6 nitrogen and oxygen atoms in total. The highest BCUT2D eigenvalue weighted by Crippen LogP contribution is 2.32. The Morgan fingerprint density at radius 3 is 2.24 bits per heavy atom. The predicted molar refractivity (Wildman–Crippen MR) is 109 cm³/mol. The fourth-order valence-electron chi connectivity index (χ4n) is 4.06. The van der Waals surface area contributed by atoms with Gasteiger partial charge in [-0.1, -0.05) is 42.5 Å². The number of rotatable bonds is 5. The first-order valence-electron chi connectivity index (χ1n) is 9.80. The molecule has 150 valence electrons. The lowest BCUT2D eigenvalue weighted by Gasteiger charge is -2.35. The van der Waals surface area contributed by atoms with E-state index >= 15 is 0 Å². The molecule has 0 bridgehead atoms. The van der Waals surface area contributed by atoms with Crippen LogP contribution in [0.15, 0.2) is 60.4 Å². The number of imide groups is 1. The van der Waals surface area contributed by atoms with Gasteiger partial charge in [-0.2, -0.15) is 0 Å². The number of likely N-dealkylation sites (tertiary alicyclic amines) is 1. The third-order valence-electron chi connectivity index (χ3n) is 5.64. The number of amides is 2. The quantitative estimate of drug-likeness (QED) is 0.792. The second-order valence-corrected chi connectivity index (χ2v) is 7.43. The summed E-state index contributed by atoms with van der Waals surface area (Å²) in [5.74, 6) is -0.832. The molecule has 2 heterocycles. The number of hydrogen-bond acceptors (Lipinski definition) is 5. The van der Waals surface area contributed by atoms with Gasteiger partial charge in [0.1, 0.15) is 5.75 Å². The fraction of sp³-hybridized carbons (Fsp3) is 0.304. The Labute approximate surface area is 170 Å². The number of methoxy groups -OCH3 is 1.